The lowest BCUT2D eigenvalue weighted by Crippen LogP contribution is -2.52. The summed E-state index contributed by atoms with van der Waals surface area (Å²) in [6, 6.07) is 0. The summed E-state index contributed by atoms with van der Waals surface area (Å²) in [7, 11) is 0. The standard InChI is InChI=1S/C20H34O/c1-14(2)15-6-8-17-16(12-15)7-9-18-19(3,13-21)10-5-11-20(17,18)4/h12,14-15,17-18,21H,5-11,13H2,1-4H3/t15-,17-,18+,19-,20-/m0/s1. The molecule has 0 amide bonds. The average Bonchev–Trinajstić information content (AvgIpc) is 2.46. The number of fused-ring (bicyclic) bond motifs is 3. The number of hydrogen-bond acceptors (Lipinski definition) is 1. The molecule has 0 aromatic rings. The van der Waals surface area contributed by atoms with Crippen molar-refractivity contribution in [3.05, 3.63) is 11.6 Å². The van der Waals surface area contributed by atoms with Crippen molar-refractivity contribution in [1.29, 1.82) is 0 Å². The summed E-state index contributed by atoms with van der Waals surface area (Å²) in [5.74, 6) is 3.13. The average molecular weight is 290 g/mol. The highest BCUT2D eigenvalue weighted by Gasteiger charge is 2.54. The molecule has 0 spiro atoms. The normalized spacial score (nSPS) is 46.8. The Kier molecular flexibility index (Phi) is 4.01. The molecule has 2 fully saturated rings. The number of aliphatic hydroxyl groups is 1. The first-order valence-electron chi connectivity index (χ1n) is 9.22. The fourth-order valence-electron chi connectivity index (χ4n) is 6.17. The van der Waals surface area contributed by atoms with Crippen molar-refractivity contribution in [1.82, 2.24) is 0 Å². The van der Waals surface area contributed by atoms with Crippen LogP contribution in [0.25, 0.3) is 0 Å². The molecule has 120 valence electrons. The molecule has 2 saturated carbocycles. The first-order valence-corrected chi connectivity index (χ1v) is 9.22. The van der Waals surface area contributed by atoms with Crippen LogP contribution in [0.15, 0.2) is 11.6 Å². The largest absolute Gasteiger partial charge is 0.396 e. The van der Waals surface area contributed by atoms with Gasteiger partial charge in [-0.05, 0) is 73.0 Å². The molecule has 5 atom stereocenters. The first-order chi connectivity index (χ1) is 9.90. The van der Waals surface area contributed by atoms with E-state index in [0.29, 0.717) is 12.0 Å². The van der Waals surface area contributed by atoms with E-state index >= 15 is 0 Å². The molecule has 0 aromatic carbocycles. The minimum absolute atomic E-state index is 0.174. The third kappa shape index (κ3) is 2.40. The van der Waals surface area contributed by atoms with Crippen LogP contribution in [0, 0.1) is 34.5 Å². The molecular formula is C20H34O. The van der Waals surface area contributed by atoms with E-state index in [1.807, 2.05) is 0 Å². The van der Waals surface area contributed by atoms with Gasteiger partial charge in [-0.25, -0.2) is 0 Å². The van der Waals surface area contributed by atoms with E-state index < -0.39 is 0 Å². The van der Waals surface area contributed by atoms with Gasteiger partial charge >= 0.3 is 0 Å². The van der Waals surface area contributed by atoms with Crippen molar-refractivity contribution >= 4 is 0 Å². The zero-order valence-corrected chi connectivity index (χ0v) is 14.5. The Bertz CT molecular complexity index is 424. The Morgan fingerprint density at radius 1 is 1.19 bits per heavy atom. The second kappa shape index (κ2) is 5.41. The van der Waals surface area contributed by atoms with Gasteiger partial charge in [0.1, 0.15) is 0 Å². The second-order valence-corrected chi connectivity index (χ2v) is 9.04. The van der Waals surface area contributed by atoms with E-state index in [1.165, 1.54) is 44.9 Å². The third-order valence-corrected chi connectivity index (χ3v) is 7.50. The molecule has 1 nitrogen and oxygen atoms in total. The van der Waals surface area contributed by atoms with Crippen LogP contribution in [0.5, 0.6) is 0 Å². The maximum Gasteiger partial charge on any atom is 0.0487 e. The van der Waals surface area contributed by atoms with E-state index in [9.17, 15) is 5.11 Å². The van der Waals surface area contributed by atoms with E-state index in [1.54, 1.807) is 5.57 Å². The van der Waals surface area contributed by atoms with Crippen molar-refractivity contribution < 1.29 is 5.11 Å². The van der Waals surface area contributed by atoms with Crippen molar-refractivity contribution in [3.8, 4) is 0 Å². The zero-order chi connectivity index (χ0) is 15.3. The minimum atomic E-state index is 0.174. The van der Waals surface area contributed by atoms with Crippen molar-refractivity contribution in [2.24, 2.45) is 34.5 Å². The Balaban J connectivity index is 1.91. The smallest absolute Gasteiger partial charge is 0.0487 e. The zero-order valence-electron chi connectivity index (χ0n) is 14.5. The Labute approximate surface area is 131 Å². The molecule has 0 aromatic heterocycles. The van der Waals surface area contributed by atoms with Gasteiger partial charge in [-0.2, -0.15) is 0 Å². The molecule has 3 aliphatic carbocycles. The summed E-state index contributed by atoms with van der Waals surface area (Å²) in [5, 5.41) is 10.00. The van der Waals surface area contributed by atoms with Crippen LogP contribution in [0.3, 0.4) is 0 Å². The number of allylic oxidation sites excluding steroid dienone is 2. The molecular weight excluding hydrogens is 256 g/mol. The predicted molar refractivity (Wildman–Crippen MR) is 89.0 cm³/mol. The van der Waals surface area contributed by atoms with Crippen molar-refractivity contribution in [3.63, 3.8) is 0 Å². The van der Waals surface area contributed by atoms with Crippen LogP contribution in [0.2, 0.25) is 0 Å². The van der Waals surface area contributed by atoms with Gasteiger partial charge in [-0.15, -0.1) is 0 Å². The van der Waals surface area contributed by atoms with Crippen LogP contribution in [0.1, 0.15) is 72.6 Å². The van der Waals surface area contributed by atoms with E-state index in [2.05, 4.69) is 33.8 Å². The van der Waals surface area contributed by atoms with Gasteiger partial charge in [0.25, 0.3) is 0 Å². The Hall–Kier alpha value is -0.300. The second-order valence-electron chi connectivity index (χ2n) is 9.04. The van der Waals surface area contributed by atoms with Crippen molar-refractivity contribution in [2.45, 2.75) is 72.6 Å². The van der Waals surface area contributed by atoms with Gasteiger partial charge < -0.3 is 5.11 Å². The molecule has 1 N–H and O–H groups in total. The Morgan fingerprint density at radius 2 is 1.95 bits per heavy atom. The highest BCUT2D eigenvalue weighted by molar-refractivity contribution is 5.22. The number of hydrogen-bond donors (Lipinski definition) is 1. The van der Waals surface area contributed by atoms with Crippen molar-refractivity contribution in [2.75, 3.05) is 6.61 Å². The lowest BCUT2D eigenvalue weighted by Gasteiger charge is -2.59. The highest BCUT2D eigenvalue weighted by atomic mass is 16.3. The van der Waals surface area contributed by atoms with E-state index in [0.717, 1.165) is 23.7 Å². The molecule has 0 bridgehead atoms. The maximum absolute atomic E-state index is 10.00. The molecule has 0 radical (unpaired) electrons. The molecule has 1 heteroatoms. The quantitative estimate of drug-likeness (QED) is 0.694. The van der Waals surface area contributed by atoms with Gasteiger partial charge in [-0.1, -0.05) is 45.8 Å². The summed E-state index contributed by atoms with van der Waals surface area (Å²) in [6.45, 7) is 10.0. The summed E-state index contributed by atoms with van der Waals surface area (Å²) >= 11 is 0. The monoisotopic (exact) mass is 290 g/mol. The number of aliphatic hydroxyl groups excluding tert-OH is 1. The lowest BCUT2D eigenvalue weighted by atomic mass is 9.45. The predicted octanol–water partition coefficient (Wildman–Crippen LogP) is 5.19. The molecule has 3 aliphatic rings. The van der Waals surface area contributed by atoms with E-state index in [4.69, 9.17) is 0 Å². The molecule has 21 heavy (non-hydrogen) atoms. The fourth-order valence-corrected chi connectivity index (χ4v) is 6.17. The van der Waals surface area contributed by atoms with Crippen LogP contribution in [-0.4, -0.2) is 11.7 Å². The molecule has 3 rings (SSSR count). The fraction of sp³-hybridized carbons (Fsp3) is 0.900. The number of rotatable bonds is 2. The van der Waals surface area contributed by atoms with Gasteiger partial charge in [-0.3, -0.25) is 0 Å². The molecule has 0 aliphatic heterocycles. The maximum atomic E-state index is 10.00. The molecule has 0 heterocycles. The highest BCUT2D eigenvalue weighted by Crippen LogP contribution is 2.63. The Morgan fingerprint density at radius 3 is 2.62 bits per heavy atom. The van der Waals surface area contributed by atoms with Crippen LogP contribution < -0.4 is 0 Å². The van der Waals surface area contributed by atoms with Gasteiger partial charge in [0.15, 0.2) is 0 Å². The van der Waals surface area contributed by atoms with Gasteiger partial charge in [0, 0.05) is 6.61 Å². The lowest BCUT2D eigenvalue weighted by molar-refractivity contribution is -0.0888. The minimum Gasteiger partial charge on any atom is -0.396 e. The molecule has 0 saturated heterocycles. The summed E-state index contributed by atoms with van der Waals surface area (Å²) in [6.07, 6.45) is 11.9. The third-order valence-electron chi connectivity index (χ3n) is 7.50. The van der Waals surface area contributed by atoms with Gasteiger partial charge in [0.05, 0.1) is 0 Å². The molecule has 0 unspecified atom stereocenters. The van der Waals surface area contributed by atoms with Crippen LogP contribution in [-0.2, 0) is 0 Å². The van der Waals surface area contributed by atoms with Gasteiger partial charge in [0.2, 0.25) is 0 Å². The summed E-state index contributed by atoms with van der Waals surface area (Å²) < 4.78 is 0. The van der Waals surface area contributed by atoms with Crippen LogP contribution in [0.4, 0.5) is 0 Å². The van der Waals surface area contributed by atoms with Crippen LogP contribution >= 0.6 is 0 Å². The summed E-state index contributed by atoms with van der Waals surface area (Å²) in [5.41, 5.74) is 2.40. The summed E-state index contributed by atoms with van der Waals surface area (Å²) in [4.78, 5) is 0. The topological polar surface area (TPSA) is 20.2 Å². The van der Waals surface area contributed by atoms with E-state index in [-0.39, 0.29) is 5.41 Å². The first kappa shape index (κ1) is 15.6. The SMILES string of the molecule is CC(C)[C@@H]1C=C2CC[C@@H]3[C@](C)(CO)CCC[C@@]3(C)[C@H]2CC1.